The van der Waals surface area contributed by atoms with Crippen molar-refractivity contribution in [1.29, 1.82) is 0 Å². The van der Waals surface area contributed by atoms with Crippen LogP contribution >= 0.6 is 11.3 Å². The molecule has 170 valence electrons. The van der Waals surface area contributed by atoms with Gasteiger partial charge in [-0.2, -0.15) is 0 Å². The molecule has 0 atom stereocenters. The molecule has 0 saturated carbocycles. The quantitative estimate of drug-likeness (QED) is 0.307. The molecule has 0 fully saturated rings. The number of nitrogens with one attached hydrogen (secondary N) is 1. The number of thiophene rings is 1. The summed E-state index contributed by atoms with van der Waals surface area (Å²) in [6.07, 6.45) is 2.60. The number of aromatic nitrogens is 3. The number of nitrogen functional groups attached to an aromatic ring is 1. The summed E-state index contributed by atoms with van der Waals surface area (Å²) in [6, 6.07) is 22.0. The van der Waals surface area contributed by atoms with Crippen molar-refractivity contribution in [1.82, 2.24) is 15.0 Å². The van der Waals surface area contributed by atoms with Gasteiger partial charge in [-0.05, 0) is 52.9 Å². The predicted octanol–water partition coefficient (Wildman–Crippen LogP) is 5.50. The van der Waals surface area contributed by atoms with Gasteiger partial charge in [0, 0.05) is 28.6 Å². The Morgan fingerprint density at radius 2 is 1.82 bits per heavy atom. The second-order valence-electron chi connectivity index (χ2n) is 8.02. The first-order valence-corrected chi connectivity index (χ1v) is 11.7. The summed E-state index contributed by atoms with van der Waals surface area (Å²) >= 11 is 1.74. The SMILES string of the molecule is Nc1ccc(-c2ccc(F)cc2)cc1NC(=O)CCc1cn(Cc2cc3ccccc3s2)nn1. The van der Waals surface area contributed by atoms with Crippen molar-refractivity contribution in [2.24, 2.45) is 0 Å². The van der Waals surface area contributed by atoms with Crippen LogP contribution in [0.4, 0.5) is 15.8 Å². The molecule has 0 saturated heterocycles. The number of nitrogens with zero attached hydrogens (tertiary/aromatic N) is 3. The average Bonchev–Trinajstić information content (AvgIpc) is 3.46. The van der Waals surface area contributed by atoms with Gasteiger partial charge in [0.2, 0.25) is 5.91 Å². The van der Waals surface area contributed by atoms with E-state index in [-0.39, 0.29) is 18.1 Å². The first-order chi connectivity index (χ1) is 16.5. The smallest absolute Gasteiger partial charge is 0.224 e. The van der Waals surface area contributed by atoms with Gasteiger partial charge >= 0.3 is 0 Å². The summed E-state index contributed by atoms with van der Waals surface area (Å²) in [6.45, 7) is 0.644. The second kappa shape index (κ2) is 9.44. The van der Waals surface area contributed by atoms with Crippen LogP contribution in [0.2, 0.25) is 0 Å². The summed E-state index contributed by atoms with van der Waals surface area (Å²) in [5.74, 6) is -0.463. The molecule has 0 radical (unpaired) electrons. The van der Waals surface area contributed by atoms with Crippen LogP contribution in [0.15, 0.2) is 79.0 Å². The van der Waals surface area contributed by atoms with E-state index in [4.69, 9.17) is 5.73 Å². The van der Waals surface area contributed by atoms with E-state index in [2.05, 4.69) is 33.8 Å². The third kappa shape index (κ3) is 4.97. The molecule has 1 amide bonds. The van der Waals surface area contributed by atoms with E-state index < -0.39 is 0 Å². The molecule has 0 unspecified atom stereocenters. The van der Waals surface area contributed by atoms with Gasteiger partial charge < -0.3 is 11.1 Å². The lowest BCUT2D eigenvalue weighted by molar-refractivity contribution is -0.116. The van der Waals surface area contributed by atoms with Crippen LogP contribution in [0.1, 0.15) is 17.0 Å². The van der Waals surface area contributed by atoms with Crippen LogP contribution in [0, 0.1) is 5.82 Å². The fraction of sp³-hybridized carbons (Fsp3) is 0.115. The second-order valence-corrected chi connectivity index (χ2v) is 9.18. The van der Waals surface area contributed by atoms with Gasteiger partial charge in [-0.15, -0.1) is 16.4 Å². The highest BCUT2D eigenvalue weighted by atomic mass is 32.1. The highest BCUT2D eigenvalue weighted by molar-refractivity contribution is 7.19. The van der Waals surface area contributed by atoms with E-state index in [1.54, 1.807) is 40.3 Å². The topological polar surface area (TPSA) is 85.8 Å². The lowest BCUT2D eigenvalue weighted by Crippen LogP contribution is -2.13. The molecule has 34 heavy (non-hydrogen) atoms. The van der Waals surface area contributed by atoms with Gasteiger partial charge in [0.25, 0.3) is 0 Å². The Morgan fingerprint density at radius 3 is 2.65 bits per heavy atom. The first-order valence-electron chi connectivity index (χ1n) is 10.9. The number of hydrogen-bond acceptors (Lipinski definition) is 5. The monoisotopic (exact) mass is 471 g/mol. The van der Waals surface area contributed by atoms with Crippen molar-refractivity contribution >= 4 is 38.7 Å². The predicted molar refractivity (Wildman–Crippen MR) is 134 cm³/mol. The Labute approximate surface area is 199 Å². The zero-order valence-electron chi connectivity index (χ0n) is 18.2. The van der Waals surface area contributed by atoms with Crippen LogP contribution in [0.5, 0.6) is 0 Å². The molecule has 5 rings (SSSR count). The number of halogens is 1. The van der Waals surface area contributed by atoms with E-state index in [1.165, 1.54) is 27.1 Å². The number of aryl methyl sites for hydroxylation is 1. The highest BCUT2D eigenvalue weighted by Crippen LogP contribution is 2.28. The van der Waals surface area contributed by atoms with Gasteiger partial charge in [-0.25, -0.2) is 9.07 Å². The van der Waals surface area contributed by atoms with Crippen molar-refractivity contribution in [3.63, 3.8) is 0 Å². The van der Waals surface area contributed by atoms with Crippen LogP contribution in [0.3, 0.4) is 0 Å². The number of carbonyl (C=O) groups is 1. The molecule has 6 nitrogen and oxygen atoms in total. The Kier molecular flexibility index (Phi) is 6.05. The number of anilines is 2. The van der Waals surface area contributed by atoms with Gasteiger partial charge in [-0.3, -0.25) is 4.79 Å². The van der Waals surface area contributed by atoms with Crippen LogP contribution in [-0.4, -0.2) is 20.9 Å². The maximum absolute atomic E-state index is 13.2. The number of nitrogens with two attached hydrogens (primary N) is 1. The number of carbonyl (C=O) groups excluding carboxylic acids is 1. The molecule has 0 bridgehead atoms. The van der Waals surface area contributed by atoms with E-state index >= 15 is 0 Å². The van der Waals surface area contributed by atoms with Crippen molar-refractivity contribution in [2.45, 2.75) is 19.4 Å². The van der Waals surface area contributed by atoms with Crippen molar-refractivity contribution < 1.29 is 9.18 Å². The first kappa shape index (κ1) is 21.8. The van der Waals surface area contributed by atoms with Gasteiger partial charge in [0.15, 0.2) is 0 Å². The summed E-state index contributed by atoms with van der Waals surface area (Å²) in [7, 11) is 0. The summed E-state index contributed by atoms with van der Waals surface area (Å²) in [5, 5.41) is 12.5. The Bertz CT molecular complexity index is 1420. The normalized spacial score (nSPS) is 11.1. The van der Waals surface area contributed by atoms with E-state index in [0.29, 0.717) is 24.3 Å². The van der Waals surface area contributed by atoms with Crippen LogP contribution in [0.25, 0.3) is 21.2 Å². The van der Waals surface area contributed by atoms with Gasteiger partial charge in [0.05, 0.1) is 23.6 Å². The number of benzene rings is 3. The molecular formula is C26H22FN5OS. The minimum Gasteiger partial charge on any atom is -0.397 e. The lowest BCUT2D eigenvalue weighted by Gasteiger charge is -2.10. The molecule has 3 aromatic carbocycles. The van der Waals surface area contributed by atoms with E-state index in [0.717, 1.165) is 16.8 Å². The summed E-state index contributed by atoms with van der Waals surface area (Å²) < 4.78 is 16.3. The standard InChI is InChI=1S/C26H22FN5OS/c27-20-8-5-17(6-9-20)18-7-11-23(28)24(14-18)29-26(33)12-10-21-15-32(31-30-21)16-22-13-19-3-1-2-4-25(19)34-22/h1-9,11,13-15H,10,12,16,28H2,(H,29,33). The summed E-state index contributed by atoms with van der Waals surface area (Å²) in [4.78, 5) is 13.8. The van der Waals surface area contributed by atoms with E-state index in [1.807, 2.05) is 24.4 Å². The molecular weight excluding hydrogens is 449 g/mol. The fourth-order valence-electron chi connectivity index (χ4n) is 3.75. The van der Waals surface area contributed by atoms with Crippen molar-refractivity contribution in [3.05, 3.63) is 95.4 Å². The number of fused-ring (bicyclic) bond motifs is 1. The number of amides is 1. The average molecular weight is 472 g/mol. The molecule has 8 heteroatoms. The minimum atomic E-state index is -0.298. The van der Waals surface area contributed by atoms with Gasteiger partial charge in [0.1, 0.15) is 5.82 Å². The van der Waals surface area contributed by atoms with Gasteiger partial charge in [-0.1, -0.05) is 41.6 Å². The third-order valence-corrected chi connectivity index (χ3v) is 6.59. The maximum atomic E-state index is 13.2. The molecule has 2 heterocycles. The zero-order valence-corrected chi connectivity index (χ0v) is 19.1. The molecule has 0 aliphatic carbocycles. The van der Waals surface area contributed by atoms with Crippen LogP contribution in [-0.2, 0) is 17.8 Å². The molecule has 0 spiro atoms. The molecule has 3 N–H and O–H groups in total. The Hall–Kier alpha value is -4.04. The van der Waals surface area contributed by atoms with E-state index in [9.17, 15) is 9.18 Å². The lowest BCUT2D eigenvalue weighted by atomic mass is 10.0. The number of hydrogen-bond donors (Lipinski definition) is 2. The molecule has 0 aliphatic heterocycles. The maximum Gasteiger partial charge on any atom is 0.224 e. The minimum absolute atomic E-state index is 0.165. The Morgan fingerprint density at radius 1 is 1.03 bits per heavy atom. The Balaban J connectivity index is 1.19. The zero-order chi connectivity index (χ0) is 23.5. The highest BCUT2D eigenvalue weighted by Gasteiger charge is 2.10. The largest absolute Gasteiger partial charge is 0.397 e. The molecule has 2 aromatic heterocycles. The molecule has 0 aliphatic rings. The summed E-state index contributed by atoms with van der Waals surface area (Å²) in [5.41, 5.74) is 9.48. The fourth-order valence-corrected chi connectivity index (χ4v) is 4.80. The van der Waals surface area contributed by atoms with Crippen LogP contribution < -0.4 is 11.1 Å². The van der Waals surface area contributed by atoms with Crippen molar-refractivity contribution in [3.8, 4) is 11.1 Å². The molecule has 5 aromatic rings. The number of rotatable bonds is 7. The third-order valence-electron chi connectivity index (χ3n) is 5.49. The van der Waals surface area contributed by atoms with Crippen molar-refractivity contribution in [2.75, 3.05) is 11.1 Å².